The molecule has 27 heavy (non-hydrogen) atoms. The van der Waals surface area contributed by atoms with Gasteiger partial charge in [-0.15, -0.1) is 10.2 Å². The predicted molar refractivity (Wildman–Crippen MR) is 102 cm³/mol. The molecule has 3 rings (SSSR count). The number of hydrogen-bond donors (Lipinski definition) is 1. The van der Waals surface area contributed by atoms with Gasteiger partial charge in [0, 0.05) is 12.6 Å². The number of carbonyl (C=O) groups excluding carboxylic acids is 1. The molecule has 0 saturated carbocycles. The first-order valence-electron chi connectivity index (χ1n) is 8.60. The Morgan fingerprint density at radius 3 is 2.85 bits per heavy atom. The van der Waals surface area contributed by atoms with Crippen LogP contribution in [-0.4, -0.2) is 32.5 Å². The second-order valence-electron chi connectivity index (χ2n) is 6.14. The minimum atomic E-state index is -0.902. The van der Waals surface area contributed by atoms with Crippen LogP contribution in [0.3, 0.4) is 0 Å². The van der Waals surface area contributed by atoms with Gasteiger partial charge in [-0.05, 0) is 54.7 Å². The summed E-state index contributed by atoms with van der Waals surface area (Å²) in [4.78, 5) is 12.4. The van der Waals surface area contributed by atoms with E-state index in [1.54, 1.807) is 11.8 Å². The van der Waals surface area contributed by atoms with Gasteiger partial charge in [-0.25, -0.2) is 8.78 Å². The van der Waals surface area contributed by atoms with Crippen LogP contribution in [0.1, 0.15) is 30.3 Å². The molecule has 0 saturated heterocycles. The lowest BCUT2D eigenvalue weighted by molar-refractivity contribution is -0.121. The first-order valence-corrected chi connectivity index (χ1v) is 9.99. The summed E-state index contributed by atoms with van der Waals surface area (Å²) in [5, 5.41) is 11.4. The number of aryl methyl sites for hydroxylation is 1. The Hall–Kier alpha value is -2.48. The molecular weight excluding hydrogens is 370 g/mol. The number of amides is 1. The highest BCUT2D eigenvalue weighted by atomic mass is 32.2. The van der Waals surface area contributed by atoms with Crippen LogP contribution in [0, 0.1) is 11.6 Å². The molecule has 1 N–H and O–H groups in total. The van der Waals surface area contributed by atoms with Crippen LogP contribution < -0.4 is 5.32 Å². The van der Waals surface area contributed by atoms with Crippen molar-refractivity contribution in [2.75, 3.05) is 12.0 Å². The Bertz CT molecular complexity index is 931. The summed E-state index contributed by atoms with van der Waals surface area (Å²) in [6.45, 7) is 0. The minimum Gasteiger partial charge on any atom is -0.346 e. The zero-order chi connectivity index (χ0) is 19.2. The van der Waals surface area contributed by atoms with E-state index in [9.17, 15) is 13.6 Å². The molecular formula is C19H20F2N4OS. The van der Waals surface area contributed by atoms with Gasteiger partial charge in [0.15, 0.2) is 23.1 Å². The number of aromatic nitrogens is 3. The van der Waals surface area contributed by atoms with E-state index in [0.29, 0.717) is 24.2 Å². The molecule has 0 radical (unpaired) electrons. The van der Waals surface area contributed by atoms with Gasteiger partial charge in [0.2, 0.25) is 5.91 Å². The van der Waals surface area contributed by atoms with E-state index in [2.05, 4.69) is 15.5 Å². The van der Waals surface area contributed by atoms with Gasteiger partial charge >= 0.3 is 0 Å². The van der Waals surface area contributed by atoms with Gasteiger partial charge in [-0.2, -0.15) is 11.8 Å². The summed E-state index contributed by atoms with van der Waals surface area (Å²) >= 11 is 1.69. The zero-order valence-electron chi connectivity index (χ0n) is 14.9. The van der Waals surface area contributed by atoms with E-state index in [4.69, 9.17) is 0 Å². The lowest BCUT2D eigenvalue weighted by Crippen LogP contribution is -2.30. The predicted octanol–water partition coefficient (Wildman–Crippen LogP) is 3.55. The maximum Gasteiger partial charge on any atom is 0.220 e. The van der Waals surface area contributed by atoms with Gasteiger partial charge in [0.1, 0.15) is 0 Å². The van der Waals surface area contributed by atoms with E-state index in [0.717, 1.165) is 23.5 Å². The Labute approximate surface area is 160 Å². The zero-order valence-corrected chi connectivity index (χ0v) is 15.7. The van der Waals surface area contributed by atoms with Crippen molar-refractivity contribution >= 4 is 23.3 Å². The molecule has 2 heterocycles. The number of thioether (sulfide) groups is 1. The van der Waals surface area contributed by atoms with Crippen LogP contribution in [0.4, 0.5) is 8.78 Å². The molecule has 3 aromatic rings. The number of rotatable bonds is 8. The lowest BCUT2D eigenvalue weighted by Gasteiger charge is -2.17. The van der Waals surface area contributed by atoms with Crippen LogP contribution in [0.2, 0.25) is 0 Å². The molecule has 1 amide bonds. The molecule has 1 atom stereocenters. The lowest BCUT2D eigenvalue weighted by atomic mass is 10.1. The average Bonchev–Trinajstić information content (AvgIpc) is 3.10. The molecule has 8 heteroatoms. The van der Waals surface area contributed by atoms with Gasteiger partial charge in [0.05, 0.1) is 6.04 Å². The molecule has 5 nitrogen and oxygen atoms in total. The maximum atomic E-state index is 13.3. The molecule has 0 aliphatic heterocycles. The number of hydrogen-bond acceptors (Lipinski definition) is 4. The van der Waals surface area contributed by atoms with Crippen LogP contribution in [0.25, 0.3) is 5.65 Å². The number of benzene rings is 1. The first kappa shape index (κ1) is 19.3. The summed E-state index contributed by atoms with van der Waals surface area (Å²) in [6, 6.07) is 9.04. The second-order valence-corrected chi connectivity index (χ2v) is 7.12. The van der Waals surface area contributed by atoms with Gasteiger partial charge in [-0.3, -0.25) is 9.20 Å². The fourth-order valence-corrected chi connectivity index (χ4v) is 3.29. The minimum absolute atomic E-state index is 0.168. The van der Waals surface area contributed by atoms with Crippen molar-refractivity contribution in [3.63, 3.8) is 0 Å². The maximum absolute atomic E-state index is 13.3. The Morgan fingerprint density at radius 1 is 1.22 bits per heavy atom. The number of halogens is 2. The molecule has 0 fully saturated rings. The number of pyridine rings is 1. The van der Waals surface area contributed by atoms with Crippen LogP contribution in [-0.2, 0) is 11.2 Å². The number of nitrogens with zero attached hydrogens (tertiary/aromatic N) is 3. The molecule has 0 spiro atoms. The van der Waals surface area contributed by atoms with E-state index in [1.165, 1.54) is 6.07 Å². The van der Waals surface area contributed by atoms with Gasteiger partial charge < -0.3 is 5.32 Å². The average molecular weight is 390 g/mol. The molecule has 2 aromatic heterocycles. The standard InChI is InChI=1S/C19H20F2N4OS/c1-27-11-9-16(19-24-23-17-4-2-3-10-25(17)19)22-18(26)8-6-13-5-7-14(20)15(21)12-13/h2-5,7,10,12,16H,6,8-9,11H2,1H3,(H,22,26). The SMILES string of the molecule is CSCCC(NC(=O)CCc1ccc(F)c(F)c1)c1nnc2ccccn12. The summed E-state index contributed by atoms with van der Waals surface area (Å²) in [7, 11) is 0. The van der Waals surface area contributed by atoms with Crippen molar-refractivity contribution in [2.45, 2.75) is 25.3 Å². The van der Waals surface area contributed by atoms with Crippen molar-refractivity contribution in [1.82, 2.24) is 19.9 Å². The molecule has 0 aliphatic rings. The molecule has 142 valence electrons. The third-order valence-electron chi connectivity index (χ3n) is 4.22. The highest BCUT2D eigenvalue weighted by molar-refractivity contribution is 7.98. The van der Waals surface area contributed by atoms with Crippen molar-refractivity contribution in [1.29, 1.82) is 0 Å². The van der Waals surface area contributed by atoms with Gasteiger partial charge in [0.25, 0.3) is 0 Å². The van der Waals surface area contributed by atoms with Crippen molar-refractivity contribution in [3.8, 4) is 0 Å². The topological polar surface area (TPSA) is 59.3 Å². The Morgan fingerprint density at radius 2 is 2.07 bits per heavy atom. The molecule has 1 aromatic carbocycles. The summed E-state index contributed by atoms with van der Waals surface area (Å²) in [5.74, 6) is -0.422. The van der Waals surface area contributed by atoms with Crippen LogP contribution in [0.5, 0.6) is 0 Å². The summed E-state index contributed by atoms with van der Waals surface area (Å²) in [6.07, 6.45) is 5.10. The van der Waals surface area contributed by atoms with Gasteiger partial charge in [-0.1, -0.05) is 12.1 Å². The van der Waals surface area contributed by atoms with Crippen molar-refractivity contribution in [2.24, 2.45) is 0 Å². The summed E-state index contributed by atoms with van der Waals surface area (Å²) in [5.41, 5.74) is 1.30. The highest BCUT2D eigenvalue weighted by Gasteiger charge is 2.20. The first-order chi connectivity index (χ1) is 13.1. The van der Waals surface area contributed by atoms with E-state index < -0.39 is 11.6 Å². The Kier molecular flexibility index (Phi) is 6.39. The smallest absolute Gasteiger partial charge is 0.220 e. The highest BCUT2D eigenvalue weighted by Crippen LogP contribution is 2.19. The normalized spacial score (nSPS) is 12.3. The fraction of sp³-hybridized carbons (Fsp3) is 0.316. The molecule has 1 unspecified atom stereocenters. The fourth-order valence-electron chi connectivity index (χ4n) is 2.82. The molecule has 0 bridgehead atoms. The number of nitrogens with one attached hydrogen (secondary N) is 1. The number of fused-ring (bicyclic) bond motifs is 1. The van der Waals surface area contributed by atoms with Crippen molar-refractivity contribution < 1.29 is 13.6 Å². The summed E-state index contributed by atoms with van der Waals surface area (Å²) < 4.78 is 28.2. The molecule has 0 aliphatic carbocycles. The largest absolute Gasteiger partial charge is 0.346 e. The third kappa shape index (κ3) is 4.82. The van der Waals surface area contributed by atoms with Crippen LogP contribution in [0.15, 0.2) is 42.6 Å². The monoisotopic (exact) mass is 390 g/mol. The van der Waals surface area contributed by atoms with E-state index >= 15 is 0 Å². The quantitative estimate of drug-likeness (QED) is 0.639. The van der Waals surface area contributed by atoms with Crippen molar-refractivity contribution in [3.05, 3.63) is 65.6 Å². The van der Waals surface area contributed by atoms with E-state index in [1.807, 2.05) is 35.1 Å². The number of carbonyl (C=O) groups is 1. The second kappa shape index (κ2) is 8.94. The Balaban J connectivity index is 1.68. The van der Waals surface area contributed by atoms with Crippen LogP contribution >= 0.6 is 11.8 Å². The van der Waals surface area contributed by atoms with E-state index in [-0.39, 0.29) is 18.4 Å². The third-order valence-corrected chi connectivity index (χ3v) is 4.87.